The number of hydrogen-bond acceptors (Lipinski definition) is 5. The summed E-state index contributed by atoms with van der Waals surface area (Å²) in [6.45, 7) is 2.02. The molecule has 0 atom stereocenters. The van der Waals surface area contributed by atoms with Crippen molar-refractivity contribution in [3.63, 3.8) is 0 Å². The van der Waals surface area contributed by atoms with E-state index in [1.165, 1.54) is 0 Å². The molecule has 170 valence electrons. The number of anilines is 2. The Kier molecular flexibility index (Phi) is 5.75. The first-order chi connectivity index (χ1) is 16.6. The van der Waals surface area contributed by atoms with Crippen molar-refractivity contribution in [3.05, 3.63) is 83.4 Å². The third kappa shape index (κ3) is 4.36. The molecule has 0 aromatic heterocycles. The third-order valence-electron chi connectivity index (χ3n) is 5.81. The summed E-state index contributed by atoms with van der Waals surface area (Å²) in [5.41, 5.74) is 3.20. The minimum absolute atomic E-state index is 0.0611. The van der Waals surface area contributed by atoms with Gasteiger partial charge in [0.1, 0.15) is 0 Å². The minimum atomic E-state index is -0.297. The molecular formula is C26H22N4O4. The van der Waals surface area contributed by atoms with E-state index in [4.69, 9.17) is 14.7 Å². The summed E-state index contributed by atoms with van der Waals surface area (Å²) in [5.74, 6) is 1.13. The Hall–Kier alpha value is -4.51. The second-order valence-corrected chi connectivity index (χ2v) is 8.09. The third-order valence-corrected chi connectivity index (χ3v) is 5.81. The average Bonchev–Trinajstić information content (AvgIpc) is 3.34. The van der Waals surface area contributed by atoms with E-state index in [2.05, 4.69) is 5.32 Å². The molecule has 0 bridgehead atoms. The topological polar surface area (TPSA) is 94.9 Å². The number of fused-ring (bicyclic) bond motifs is 1. The Morgan fingerprint density at radius 3 is 2.65 bits per heavy atom. The van der Waals surface area contributed by atoms with Crippen LogP contribution in [0, 0.1) is 11.3 Å². The minimum Gasteiger partial charge on any atom is -0.454 e. The fourth-order valence-corrected chi connectivity index (χ4v) is 4.09. The zero-order valence-corrected chi connectivity index (χ0v) is 18.4. The van der Waals surface area contributed by atoms with Crippen molar-refractivity contribution < 1.29 is 19.1 Å². The predicted molar refractivity (Wildman–Crippen MR) is 126 cm³/mol. The van der Waals surface area contributed by atoms with Crippen molar-refractivity contribution in [2.24, 2.45) is 0 Å². The molecule has 1 saturated heterocycles. The lowest BCUT2D eigenvalue weighted by atomic mass is 10.1. The van der Waals surface area contributed by atoms with E-state index >= 15 is 0 Å². The molecule has 3 aromatic carbocycles. The Morgan fingerprint density at radius 1 is 1.00 bits per heavy atom. The second-order valence-electron chi connectivity index (χ2n) is 8.09. The van der Waals surface area contributed by atoms with Crippen LogP contribution in [0.3, 0.4) is 0 Å². The van der Waals surface area contributed by atoms with Gasteiger partial charge in [-0.1, -0.05) is 12.1 Å². The van der Waals surface area contributed by atoms with Gasteiger partial charge in [0.2, 0.25) is 6.79 Å². The standard InChI is InChI=1S/C26H22N4O4/c27-15-18-3-1-4-20(13-18)25(31)28-21-6-8-22(9-7-21)30-12-2-11-29(26(30)32)16-19-5-10-23-24(14-19)34-17-33-23/h1,3-10,13-14H,2,11-12,16-17H2,(H,28,31). The molecule has 0 unspecified atom stereocenters. The van der Waals surface area contributed by atoms with Crippen LogP contribution in [-0.2, 0) is 6.54 Å². The molecule has 8 nitrogen and oxygen atoms in total. The Morgan fingerprint density at radius 2 is 1.82 bits per heavy atom. The molecule has 8 heteroatoms. The smallest absolute Gasteiger partial charge is 0.324 e. The predicted octanol–water partition coefficient (Wildman–Crippen LogP) is 4.37. The number of urea groups is 1. The molecule has 2 aliphatic heterocycles. The summed E-state index contributed by atoms with van der Waals surface area (Å²) >= 11 is 0. The number of amides is 3. The molecule has 3 aromatic rings. The van der Waals surface area contributed by atoms with Crippen molar-refractivity contribution in [2.45, 2.75) is 13.0 Å². The highest BCUT2D eigenvalue weighted by molar-refractivity contribution is 6.04. The molecule has 0 spiro atoms. The summed E-state index contributed by atoms with van der Waals surface area (Å²) in [4.78, 5) is 29.2. The summed E-state index contributed by atoms with van der Waals surface area (Å²) < 4.78 is 10.8. The zero-order valence-electron chi connectivity index (χ0n) is 18.4. The van der Waals surface area contributed by atoms with Gasteiger partial charge in [-0.3, -0.25) is 9.69 Å². The van der Waals surface area contributed by atoms with Gasteiger partial charge in [0.05, 0.1) is 11.6 Å². The van der Waals surface area contributed by atoms with Crippen LogP contribution >= 0.6 is 0 Å². The van der Waals surface area contributed by atoms with E-state index in [0.717, 1.165) is 23.4 Å². The largest absolute Gasteiger partial charge is 0.454 e. The van der Waals surface area contributed by atoms with Gasteiger partial charge in [-0.25, -0.2) is 4.79 Å². The van der Waals surface area contributed by atoms with Gasteiger partial charge in [-0.05, 0) is 66.6 Å². The normalized spacial score (nSPS) is 14.6. The van der Waals surface area contributed by atoms with E-state index in [1.807, 2.05) is 41.3 Å². The Bertz CT molecular complexity index is 1280. The van der Waals surface area contributed by atoms with Gasteiger partial charge in [0.25, 0.3) is 5.91 Å². The number of carbonyl (C=O) groups excluding carboxylic acids is 2. The number of hydrogen-bond donors (Lipinski definition) is 1. The number of ether oxygens (including phenoxy) is 2. The van der Waals surface area contributed by atoms with E-state index in [-0.39, 0.29) is 18.7 Å². The Labute approximate surface area is 196 Å². The van der Waals surface area contributed by atoms with Gasteiger partial charge >= 0.3 is 6.03 Å². The second kappa shape index (κ2) is 9.16. The molecule has 34 heavy (non-hydrogen) atoms. The van der Waals surface area contributed by atoms with Crippen molar-refractivity contribution >= 4 is 23.3 Å². The number of nitrogens with zero attached hydrogens (tertiary/aromatic N) is 3. The molecule has 3 amide bonds. The van der Waals surface area contributed by atoms with Crippen LogP contribution in [-0.4, -0.2) is 36.7 Å². The molecule has 5 rings (SSSR count). The van der Waals surface area contributed by atoms with Crippen LogP contribution < -0.4 is 19.7 Å². The fraction of sp³-hybridized carbons (Fsp3) is 0.192. The molecule has 1 N–H and O–H groups in total. The monoisotopic (exact) mass is 454 g/mol. The molecule has 2 heterocycles. The summed E-state index contributed by atoms with van der Waals surface area (Å²) in [5, 5.41) is 11.8. The number of nitrogens with one attached hydrogen (secondary N) is 1. The zero-order chi connectivity index (χ0) is 23.5. The highest BCUT2D eigenvalue weighted by Crippen LogP contribution is 2.33. The van der Waals surface area contributed by atoms with Crippen LogP contribution in [0.1, 0.15) is 27.9 Å². The summed E-state index contributed by atoms with van der Waals surface area (Å²) in [6, 6.07) is 21.4. The van der Waals surface area contributed by atoms with Gasteiger partial charge in [0.15, 0.2) is 11.5 Å². The molecule has 0 aliphatic carbocycles. The Balaban J connectivity index is 1.25. The first-order valence-electron chi connectivity index (χ1n) is 11.0. The van der Waals surface area contributed by atoms with Gasteiger partial charge in [-0.2, -0.15) is 5.26 Å². The van der Waals surface area contributed by atoms with Crippen LogP contribution in [0.25, 0.3) is 0 Å². The fourth-order valence-electron chi connectivity index (χ4n) is 4.09. The average molecular weight is 454 g/mol. The molecular weight excluding hydrogens is 432 g/mol. The maximum absolute atomic E-state index is 13.2. The molecule has 0 radical (unpaired) electrons. The van der Waals surface area contributed by atoms with E-state index in [9.17, 15) is 9.59 Å². The molecule has 0 saturated carbocycles. The van der Waals surface area contributed by atoms with Gasteiger partial charge in [0, 0.05) is 36.6 Å². The van der Waals surface area contributed by atoms with Crippen molar-refractivity contribution in [1.29, 1.82) is 5.26 Å². The van der Waals surface area contributed by atoms with Crippen molar-refractivity contribution in [2.75, 3.05) is 30.1 Å². The van der Waals surface area contributed by atoms with E-state index in [1.54, 1.807) is 41.3 Å². The number of nitriles is 1. The lowest BCUT2D eigenvalue weighted by Crippen LogP contribution is -2.49. The van der Waals surface area contributed by atoms with Crippen molar-refractivity contribution in [3.8, 4) is 17.6 Å². The van der Waals surface area contributed by atoms with Crippen molar-refractivity contribution in [1.82, 2.24) is 4.90 Å². The van der Waals surface area contributed by atoms with E-state index < -0.39 is 0 Å². The molecule has 1 fully saturated rings. The quantitative estimate of drug-likeness (QED) is 0.618. The van der Waals surface area contributed by atoms with E-state index in [0.29, 0.717) is 42.2 Å². The van der Waals surface area contributed by atoms with Crippen LogP contribution in [0.4, 0.5) is 16.2 Å². The summed E-state index contributed by atoms with van der Waals surface area (Å²) in [6.07, 6.45) is 0.851. The van der Waals surface area contributed by atoms with Crippen LogP contribution in [0.15, 0.2) is 66.7 Å². The number of rotatable bonds is 5. The number of benzene rings is 3. The highest BCUT2D eigenvalue weighted by atomic mass is 16.7. The first-order valence-corrected chi connectivity index (χ1v) is 11.0. The lowest BCUT2D eigenvalue weighted by molar-refractivity contribution is 0.102. The maximum atomic E-state index is 13.2. The lowest BCUT2D eigenvalue weighted by Gasteiger charge is -2.35. The van der Waals surface area contributed by atoms with Crippen LogP contribution in [0.5, 0.6) is 11.5 Å². The molecule has 2 aliphatic rings. The first kappa shape index (κ1) is 21.3. The van der Waals surface area contributed by atoms with Gasteiger partial charge < -0.3 is 19.7 Å². The maximum Gasteiger partial charge on any atom is 0.324 e. The summed E-state index contributed by atoms with van der Waals surface area (Å²) in [7, 11) is 0. The SMILES string of the molecule is N#Cc1cccc(C(=O)Nc2ccc(N3CCCN(Cc4ccc5c(c4)OCO5)C3=O)cc2)c1. The van der Waals surface area contributed by atoms with Gasteiger partial charge in [-0.15, -0.1) is 0 Å². The highest BCUT2D eigenvalue weighted by Gasteiger charge is 2.27. The van der Waals surface area contributed by atoms with Crippen LogP contribution in [0.2, 0.25) is 0 Å². The number of carbonyl (C=O) groups is 2.